The van der Waals surface area contributed by atoms with Crippen LogP contribution in [0.2, 0.25) is 0 Å². The van der Waals surface area contributed by atoms with Crippen molar-refractivity contribution in [3.63, 3.8) is 0 Å². The first-order valence-electron chi connectivity index (χ1n) is 8.69. The molecular formula is C19H22BrNOS. The lowest BCUT2D eigenvalue weighted by atomic mass is 9.94. The third kappa shape index (κ3) is 3.20. The van der Waals surface area contributed by atoms with E-state index in [1.54, 1.807) is 0 Å². The molecule has 0 bridgehead atoms. The Labute approximate surface area is 150 Å². The minimum atomic E-state index is 0.202. The number of nitrogens with zero attached hydrogens (tertiary/aromatic N) is 1. The van der Waals surface area contributed by atoms with Crippen LogP contribution >= 0.6 is 27.3 Å². The second-order valence-electron chi connectivity index (χ2n) is 6.91. The van der Waals surface area contributed by atoms with Crippen molar-refractivity contribution < 1.29 is 4.79 Å². The van der Waals surface area contributed by atoms with Gasteiger partial charge in [-0.2, -0.15) is 0 Å². The minimum absolute atomic E-state index is 0.202. The molecule has 2 fully saturated rings. The molecule has 0 N–H and O–H groups in total. The number of fused-ring (bicyclic) bond motifs is 1. The van der Waals surface area contributed by atoms with Gasteiger partial charge in [0.2, 0.25) is 5.91 Å². The summed E-state index contributed by atoms with van der Waals surface area (Å²) in [6, 6.07) is 9.21. The van der Waals surface area contributed by atoms with Crippen molar-refractivity contribution in [1.82, 2.24) is 4.90 Å². The Balaban J connectivity index is 1.46. The molecule has 1 aliphatic carbocycles. The van der Waals surface area contributed by atoms with Crippen molar-refractivity contribution in [2.45, 2.75) is 51.0 Å². The standard InChI is InChI=1S/C19H22BrNOS/c20-15-7-6-13-10-17(23-18(13)12-15)11-14-8-9-21(19(14)22)16-4-2-1-3-5-16/h6-7,10,12,14,16H,1-5,8-9,11H2. The van der Waals surface area contributed by atoms with Gasteiger partial charge >= 0.3 is 0 Å². The Kier molecular flexibility index (Phi) is 4.46. The van der Waals surface area contributed by atoms with Crippen molar-refractivity contribution in [1.29, 1.82) is 0 Å². The Morgan fingerprint density at radius 2 is 1.96 bits per heavy atom. The fourth-order valence-electron chi connectivity index (χ4n) is 4.11. The average Bonchev–Trinajstić information content (AvgIpc) is 3.12. The third-order valence-corrected chi connectivity index (χ3v) is 6.96. The van der Waals surface area contributed by atoms with Gasteiger partial charge in [-0.1, -0.05) is 41.3 Å². The summed E-state index contributed by atoms with van der Waals surface area (Å²) >= 11 is 5.37. The summed E-state index contributed by atoms with van der Waals surface area (Å²) in [5.41, 5.74) is 0. The lowest BCUT2D eigenvalue weighted by Crippen LogP contribution is -2.39. The van der Waals surface area contributed by atoms with Gasteiger partial charge in [0.05, 0.1) is 0 Å². The smallest absolute Gasteiger partial charge is 0.226 e. The Morgan fingerprint density at radius 1 is 1.13 bits per heavy atom. The van der Waals surface area contributed by atoms with E-state index in [4.69, 9.17) is 0 Å². The number of likely N-dealkylation sites (tertiary alicyclic amines) is 1. The second kappa shape index (κ2) is 6.56. The van der Waals surface area contributed by atoms with E-state index in [9.17, 15) is 4.79 Å². The topological polar surface area (TPSA) is 20.3 Å². The Bertz CT molecular complexity index is 719. The van der Waals surface area contributed by atoms with Gasteiger partial charge in [0.25, 0.3) is 0 Å². The number of thiophene rings is 1. The van der Waals surface area contributed by atoms with Gasteiger partial charge in [-0.25, -0.2) is 0 Å². The van der Waals surface area contributed by atoms with Crippen molar-refractivity contribution in [3.8, 4) is 0 Å². The maximum absolute atomic E-state index is 12.8. The van der Waals surface area contributed by atoms with Gasteiger partial charge in [0, 0.05) is 32.6 Å². The van der Waals surface area contributed by atoms with E-state index < -0.39 is 0 Å². The van der Waals surface area contributed by atoms with Crippen LogP contribution in [0.15, 0.2) is 28.7 Å². The van der Waals surface area contributed by atoms with Crippen molar-refractivity contribution >= 4 is 43.3 Å². The highest BCUT2D eigenvalue weighted by molar-refractivity contribution is 9.10. The van der Waals surface area contributed by atoms with Crippen molar-refractivity contribution in [2.24, 2.45) is 5.92 Å². The van der Waals surface area contributed by atoms with Gasteiger partial charge in [0.1, 0.15) is 0 Å². The number of halogens is 1. The first-order chi connectivity index (χ1) is 11.2. The zero-order chi connectivity index (χ0) is 15.8. The van der Waals surface area contributed by atoms with Gasteiger partial charge in [0.15, 0.2) is 0 Å². The second-order valence-corrected chi connectivity index (χ2v) is 8.99. The molecule has 1 saturated heterocycles. The largest absolute Gasteiger partial charge is 0.339 e. The van der Waals surface area contributed by atoms with E-state index in [-0.39, 0.29) is 5.92 Å². The Hall–Kier alpha value is -0.870. The van der Waals surface area contributed by atoms with E-state index in [0.29, 0.717) is 11.9 Å². The quantitative estimate of drug-likeness (QED) is 0.686. The van der Waals surface area contributed by atoms with Crippen molar-refractivity contribution in [2.75, 3.05) is 6.54 Å². The molecule has 4 heteroatoms. The summed E-state index contributed by atoms with van der Waals surface area (Å²) < 4.78 is 2.43. The van der Waals surface area contributed by atoms with Crippen LogP contribution in [0.25, 0.3) is 10.1 Å². The molecule has 0 spiro atoms. The SMILES string of the molecule is O=C1C(Cc2cc3ccc(Br)cc3s2)CCN1C1CCCCC1. The molecule has 2 aromatic rings. The number of amides is 1. The molecule has 122 valence electrons. The lowest BCUT2D eigenvalue weighted by Gasteiger charge is -2.31. The monoisotopic (exact) mass is 391 g/mol. The predicted octanol–water partition coefficient (Wildman–Crippen LogP) is 5.39. The average molecular weight is 392 g/mol. The number of hydrogen-bond acceptors (Lipinski definition) is 2. The first-order valence-corrected chi connectivity index (χ1v) is 10.3. The molecule has 1 unspecified atom stereocenters. The summed E-state index contributed by atoms with van der Waals surface area (Å²) in [4.78, 5) is 16.4. The number of carbonyl (C=O) groups is 1. The van der Waals surface area contributed by atoms with Gasteiger partial charge < -0.3 is 4.90 Å². The molecule has 1 aromatic heterocycles. The van der Waals surface area contributed by atoms with Crippen molar-refractivity contribution in [3.05, 3.63) is 33.6 Å². The molecule has 1 aliphatic heterocycles. The van der Waals surface area contributed by atoms with Crippen LogP contribution in [-0.4, -0.2) is 23.4 Å². The summed E-state index contributed by atoms with van der Waals surface area (Å²) in [5, 5.41) is 1.29. The number of carbonyl (C=O) groups excluding carboxylic acids is 1. The highest BCUT2D eigenvalue weighted by atomic mass is 79.9. The summed E-state index contributed by atoms with van der Waals surface area (Å²) in [6.45, 7) is 0.977. The van der Waals surface area contributed by atoms with Crippen LogP contribution in [0.5, 0.6) is 0 Å². The molecule has 0 radical (unpaired) electrons. The fourth-order valence-corrected chi connectivity index (χ4v) is 5.81. The molecule has 1 atom stereocenters. The Morgan fingerprint density at radius 3 is 2.78 bits per heavy atom. The first kappa shape index (κ1) is 15.6. The molecule has 1 saturated carbocycles. The fraction of sp³-hybridized carbons (Fsp3) is 0.526. The van der Waals surface area contributed by atoms with Gasteiger partial charge in [-0.3, -0.25) is 4.79 Å². The summed E-state index contributed by atoms with van der Waals surface area (Å²) in [5.74, 6) is 0.615. The predicted molar refractivity (Wildman–Crippen MR) is 99.9 cm³/mol. The molecule has 2 heterocycles. The van der Waals surface area contributed by atoms with E-state index >= 15 is 0 Å². The van der Waals surface area contributed by atoms with Crippen LogP contribution in [-0.2, 0) is 11.2 Å². The summed E-state index contributed by atoms with van der Waals surface area (Å²) in [6.07, 6.45) is 8.32. The molecule has 1 aromatic carbocycles. The van der Waals surface area contributed by atoms with Gasteiger partial charge in [-0.15, -0.1) is 11.3 Å². The number of benzene rings is 1. The van der Waals surface area contributed by atoms with Crippen LogP contribution in [0, 0.1) is 5.92 Å². The highest BCUT2D eigenvalue weighted by Gasteiger charge is 2.36. The maximum Gasteiger partial charge on any atom is 0.226 e. The zero-order valence-corrected chi connectivity index (χ0v) is 15.7. The van der Waals surface area contributed by atoms with Crippen LogP contribution < -0.4 is 0 Å². The molecule has 2 aliphatic rings. The molecule has 1 amide bonds. The third-order valence-electron chi connectivity index (χ3n) is 5.35. The zero-order valence-electron chi connectivity index (χ0n) is 13.3. The molecular weight excluding hydrogens is 370 g/mol. The van der Waals surface area contributed by atoms with Crippen LogP contribution in [0.3, 0.4) is 0 Å². The van der Waals surface area contributed by atoms with Gasteiger partial charge in [-0.05, 0) is 49.3 Å². The normalized spacial score (nSPS) is 23.1. The van der Waals surface area contributed by atoms with E-state index in [0.717, 1.165) is 23.9 Å². The van der Waals surface area contributed by atoms with Crippen LogP contribution in [0.4, 0.5) is 0 Å². The lowest BCUT2D eigenvalue weighted by molar-refractivity contribution is -0.133. The van der Waals surface area contributed by atoms with Crippen LogP contribution in [0.1, 0.15) is 43.4 Å². The van der Waals surface area contributed by atoms with E-state index in [1.807, 2.05) is 11.3 Å². The molecule has 4 rings (SSSR count). The highest BCUT2D eigenvalue weighted by Crippen LogP contribution is 2.34. The van der Waals surface area contributed by atoms with E-state index in [2.05, 4.69) is 45.1 Å². The van der Waals surface area contributed by atoms with E-state index in [1.165, 1.54) is 47.1 Å². The number of rotatable bonds is 3. The molecule has 2 nitrogen and oxygen atoms in total. The summed E-state index contributed by atoms with van der Waals surface area (Å²) in [7, 11) is 0. The number of hydrogen-bond donors (Lipinski definition) is 0. The molecule has 23 heavy (non-hydrogen) atoms. The maximum atomic E-state index is 12.8. The minimum Gasteiger partial charge on any atom is -0.339 e.